The van der Waals surface area contributed by atoms with Crippen LogP contribution in [0.3, 0.4) is 0 Å². The lowest BCUT2D eigenvalue weighted by molar-refractivity contribution is 0.102. The Morgan fingerprint density at radius 1 is 1.26 bits per heavy atom. The Kier molecular flexibility index (Phi) is 5.51. The third-order valence-corrected chi connectivity index (χ3v) is 3.94. The maximum Gasteiger partial charge on any atom is 0.255 e. The fraction of sp³-hybridized carbons (Fsp3) is 0.150. The summed E-state index contributed by atoms with van der Waals surface area (Å²) < 4.78 is 12.4. The summed E-state index contributed by atoms with van der Waals surface area (Å²) in [5, 5.41) is 7.06. The Balaban J connectivity index is 1.96. The lowest BCUT2D eigenvalue weighted by Crippen LogP contribution is -2.15. The number of allylic oxidation sites excluding steroid dienone is 1. The van der Waals surface area contributed by atoms with E-state index >= 15 is 0 Å². The van der Waals surface area contributed by atoms with Gasteiger partial charge in [-0.3, -0.25) is 4.79 Å². The fourth-order valence-corrected chi connectivity index (χ4v) is 2.75. The smallest absolute Gasteiger partial charge is 0.255 e. The van der Waals surface area contributed by atoms with Crippen molar-refractivity contribution in [2.75, 3.05) is 19.5 Å². The molecule has 0 unspecified atom stereocenters. The van der Waals surface area contributed by atoms with Gasteiger partial charge in [0, 0.05) is 29.7 Å². The van der Waals surface area contributed by atoms with Crippen molar-refractivity contribution in [1.29, 1.82) is 0 Å². The highest BCUT2D eigenvalue weighted by atomic mass is 16.5. The van der Waals surface area contributed by atoms with Crippen molar-refractivity contribution < 1.29 is 14.3 Å². The van der Waals surface area contributed by atoms with Crippen LogP contribution in [0, 0.1) is 0 Å². The minimum absolute atomic E-state index is 0.289. The number of methoxy groups -OCH3 is 2. The van der Waals surface area contributed by atoms with Crippen LogP contribution in [0.2, 0.25) is 0 Å². The second kappa shape index (κ2) is 8.18. The molecule has 0 atom stereocenters. The Labute approximate surface area is 157 Å². The molecule has 0 saturated heterocycles. The Morgan fingerprint density at radius 3 is 2.78 bits per heavy atom. The van der Waals surface area contributed by atoms with E-state index in [1.54, 1.807) is 66.8 Å². The number of anilines is 1. The number of hydrogen-bond acceptors (Lipinski definition) is 5. The van der Waals surface area contributed by atoms with Gasteiger partial charge in [0.05, 0.1) is 19.9 Å². The summed E-state index contributed by atoms with van der Waals surface area (Å²) in [5.74, 6) is 1.32. The second-order valence-corrected chi connectivity index (χ2v) is 5.64. The van der Waals surface area contributed by atoms with Crippen LogP contribution >= 0.6 is 0 Å². The third-order valence-electron chi connectivity index (χ3n) is 3.94. The number of aromatic nitrogens is 3. The van der Waals surface area contributed by atoms with Gasteiger partial charge >= 0.3 is 0 Å². The van der Waals surface area contributed by atoms with Crippen LogP contribution in [0.1, 0.15) is 15.9 Å². The predicted octanol–water partition coefficient (Wildman–Crippen LogP) is 3.27. The summed E-state index contributed by atoms with van der Waals surface area (Å²) in [4.78, 5) is 17.2. The molecule has 138 valence electrons. The maximum absolute atomic E-state index is 12.9. The molecule has 27 heavy (non-hydrogen) atoms. The van der Waals surface area contributed by atoms with Crippen LogP contribution in [-0.4, -0.2) is 34.9 Å². The molecule has 0 spiro atoms. The molecular weight excluding hydrogens is 344 g/mol. The van der Waals surface area contributed by atoms with Crippen molar-refractivity contribution in [3.8, 4) is 17.3 Å². The van der Waals surface area contributed by atoms with Gasteiger partial charge in [-0.2, -0.15) is 5.10 Å². The Hall–Kier alpha value is -3.61. The molecule has 3 aromatic rings. The van der Waals surface area contributed by atoms with Crippen LogP contribution < -0.4 is 14.8 Å². The molecule has 0 aliphatic carbocycles. The molecule has 0 bridgehead atoms. The fourth-order valence-electron chi connectivity index (χ4n) is 2.75. The third kappa shape index (κ3) is 3.82. The van der Waals surface area contributed by atoms with Crippen LogP contribution in [0.4, 0.5) is 5.69 Å². The summed E-state index contributed by atoms with van der Waals surface area (Å²) in [6.45, 7) is 3.75. The molecule has 1 aromatic carbocycles. The molecule has 0 radical (unpaired) electrons. The molecule has 7 nitrogen and oxygen atoms in total. The quantitative estimate of drug-likeness (QED) is 0.651. The van der Waals surface area contributed by atoms with E-state index in [1.807, 2.05) is 0 Å². The predicted molar refractivity (Wildman–Crippen MR) is 103 cm³/mol. The van der Waals surface area contributed by atoms with Crippen LogP contribution in [0.5, 0.6) is 11.5 Å². The highest BCUT2D eigenvalue weighted by Gasteiger charge is 2.17. The molecule has 7 heteroatoms. The van der Waals surface area contributed by atoms with Gasteiger partial charge in [0.25, 0.3) is 5.91 Å². The normalized spacial score (nSPS) is 10.3. The maximum atomic E-state index is 12.9. The Morgan fingerprint density at radius 2 is 2.11 bits per heavy atom. The Bertz CT molecular complexity index is 952. The molecular formula is C20H20N4O3. The molecule has 0 aliphatic heterocycles. The molecule has 0 saturated carbocycles. The van der Waals surface area contributed by atoms with E-state index in [9.17, 15) is 4.79 Å². The molecule has 2 heterocycles. The van der Waals surface area contributed by atoms with Crippen molar-refractivity contribution in [3.63, 3.8) is 0 Å². The first kappa shape index (κ1) is 18.2. The van der Waals surface area contributed by atoms with Gasteiger partial charge in [0.2, 0.25) is 0 Å². The van der Waals surface area contributed by atoms with E-state index in [4.69, 9.17) is 9.47 Å². The first-order chi connectivity index (χ1) is 13.2. The number of amides is 1. The van der Waals surface area contributed by atoms with Gasteiger partial charge in [-0.05, 0) is 36.8 Å². The summed E-state index contributed by atoms with van der Waals surface area (Å²) >= 11 is 0. The number of benzene rings is 1. The summed E-state index contributed by atoms with van der Waals surface area (Å²) in [7, 11) is 3.10. The minimum Gasteiger partial charge on any atom is -0.493 e. The van der Waals surface area contributed by atoms with Crippen LogP contribution in [0.15, 0.2) is 61.6 Å². The second-order valence-electron chi connectivity index (χ2n) is 5.64. The SMILES string of the molecule is C=CCc1cc(C(=O)Nc2cccnc2-n2cccn2)cc(OC)c1OC. The molecule has 0 aliphatic rings. The largest absolute Gasteiger partial charge is 0.493 e. The van der Waals surface area contributed by atoms with E-state index in [-0.39, 0.29) is 5.91 Å². The van der Waals surface area contributed by atoms with Gasteiger partial charge in [-0.15, -0.1) is 6.58 Å². The average molecular weight is 364 g/mol. The zero-order valence-corrected chi connectivity index (χ0v) is 15.2. The zero-order valence-electron chi connectivity index (χ0n) is 15.2. The number of carbonyl (C=O) groups is 1. The summed E-state index contributed by atoms with van der Waals surface area (Å²) in [6, 6.07) is 8.72. The first-order valence-corrected chi connectivity index (χ1v) is 8.30. The van der Waals surface area contributed by atoms with Crippen molar-refractivity contribution in [1.82, 2.24) is 14.8 Å². The van der Waals surface area contributed by atoms with E-state index in [1.165, 1.54) is 7.11 Å². The lowest BCUT2D eigenvalue weighted by atomic mass is 10.0. The molecule has 0 fully saturated rings. The average Bonchev–Trinajstić information content (AvgIpc) is 3.22. The standard InChI is InChI=1S/C20H20N4O3/c1-4-7-14-12-15(13-17(26-2)18(14)27-3)20(25)23-16-8-5-9-21-19(16)24-11-6-10-22-24/h4-6,8-13H,1,7H2,2-3H3,(H,23,25). The number of pyridine rings is 1. The van der Waals surface area contributed by atoms with Crippen molar-refractivity contribution in [2.24, 2.45) is 0 Å². The minimum atomic E-state index is -0.289. The number of nitrogens with one attached hydrogen (secondary N) is 1. The molecule has 1 amide bonds. The number of nitrogens with zero attached hydrogens (tertiary/aromatic N) is 3. The monoisotopic (exact) mass is 364 g/mol. The highest BCUT2D eigenvalue weighted by Crippen LogP contribution is 2.33. The zero-order chi connectivity index (χ0) is 19.2. The van der Waals surface area contributed by atoms with Crippen LogP contribution in [0.25, 0.3) is 5.82 Å². The van der Waals surface area contributed by atoms with Gasteiger partial charge in [0.1, 0.15) is 0 Å². The molecule has 3 rings (SSSR count). The first-order valence-electron chi connectivity index (χ1n) is 8.30. The highest BCUT2D eigenvalue weighted by molar-refractivity contribution is 6.05. The number of carbonyl (C=O) groups excluding carboxylic acids is 1. The van der Waals surface area contributed by atoms with Gasteiger partial charge in [-0.25, -0.2) is 9.67 Å². The van der Waals surface area contributed by atoms with Crippen molar-refractivity contribution in [3.05, 3.63) is 72.7 Å². The summed E-state index contributed by atoms with van der Waals surface area (Å²) in [6.07, 6.45) is 7.35. The van der Waals surface area contributed by atoms with E-state index in [2.05, 4.69) is 22.0 Å². The molecule has 1 N–H and O–H groups in total. The number of rotatable bonds is 7. The van der Waals surface area contributed by atoms with E-state index in [0.717, 1.165) is 5.56 Å². The van der Waals surface area contributed by atoms with E-state index in [0.29, 0.717) is 35.0 Å². The number of hydrogen-bond donors (Lipinski definition) is 1. The van der Waals surface area contributed by atoms with Gasteiger partial charge in [0.15, 0.2) is 17.3 Å². The van der Waals surface area contributed by atoms with Crippen LogP contribution in [-0.2, 0) is 6.42 Å². The van der Waals surface area contributed by atoms with Crippen molar-refractivity contribution >= 4 is 11.6 Å². The lowest BCUT2D eigenvalue weighted by Gasteiger charge is -2.15. The van der Waals surface area contributed by atoms with Crippen molar-refractivity contribution in [2.45, 2.75) is 6.42 Å². The summed E-state index contributed by atoms with van der Waals surface area (Å²) in [5.41, 5.74) is 1.81. The molecule has 2 aromatic heterocycles. The van der Waals surface area contributed by atoms with E-state index < -0.39 is 0 Å². The number of ether oxygens (including phenoxy) is 2. The topological polar surface area (TPSA) is 78.3 Å². The van der Waals surface area contributed by atoms with Gasteiger partial charge in [-0.1, -0.05) is 6.08 Å². The van der Waals surface area contributed by atoms with Gasteiger partial charge < -0.3 is 14.8 Å².